The Bertz CT molecular complexity index is 332. The zero-order chi connectivity index (χ0) is 9.84. The van der Waals surface area contributed by atoms with Crippen molar-refractivity contribution in [1.29, 1.82) is 0 Å². The van der Waals surface area contributed by atoms with Crippen molar-refractivity contribution in [3.05, 3.63) is 22.6 Å². The third kappa shape index (κ3) is 2.57. The number of aromatic nitrogens is 2. The first-order valence-corrected chi connectivity index (χ1v) is 4.46. The molecule has 4 nitrogen and oxygen atoms in total. The van der Waals surface area contributed by atoms with Crippen LogP contribution >= 0.6 is 0 Å². The fourth-order valence-corrected chi connectivity index (χ4v) is 1.06. The van der Waals surface area contributed by atoms with Gasteiger partial charge in [-0.05, 0) is 5.92 Å². The van der Waals surface area contributed by atoms with Crippen LogP contribution in [0.4, 0.5) is 5.95 Å². The number of anilines is 1. The van der Waals surface area contributed by atoms with Crippen molar-refractivity contribution in [1.82, 2.24) is 9.55 Å². The number of rotatable bonds is 3. The van der Waals surface area contributed by atoms with Gasteiger partial charge in [-0.25, -0.2) is 0 Å². The molecule has 1 aromatic rings. The van der Waals surface area contributed by atoms with Crippen molar-refractivity contribution >= 4 is 5.95 Å². The maximum atomic E-state index is 10.8. The lowest BCUT2D eigenvalue weighted by Crippen LogP contribution is -2.17. The van der Waals surface area contributed by atoms with Crippen molar-refractivity contribution in [2.75, 3.05) is 5.73 Å². The van der Waals surface area contributed by atoms with Gasteiger partial charge in [-0.15, -0.1) is 0 Å². The average Bonchev–Trinajstić information content (AvgIpc) is 2.09. The van der Waals surface area contributed by atoms with E-state index in [1.54, 1.807) is 10.8 Å². The van der Waals surface area contributed by atoms with Crippen LogP contribution in [-0.4, -0.2) is 9.55 Å². The largest absolute Gasteiger partial charge is 0.369 e. The van der Waals surface area contributed by atoms with Crippen LogP contribution in [0.25, 0.3) is 0 Å². The highest BCUT2D eigenvalue weighted by molar-refractivity contribution is 5.15. The molecule has 0 bridgehead atoms. The van der Waals surface area contributed by atoms with Crippen molar-refractivity contribution in [3.63, 3.8) is 0 Å². The summed E-state index contributed by atoms with van der Waals surface area (Å²) in [5.41, 5.74) is 5.30. The Morgan fingerprint density at radius 3 is 2.92 bits per heavy atom. The number of nitrogens with two attached hydrogens (primary N) is 1. The standard InChI is InChI=1S/C9H15N3O/c1-3-7(2)6-12-5-4-8(13)11-9(12)10/h4-5,7H,3,6H2,1-2H3,(H2,10,11,13)/t7-/m1/s1. The molecular weight excluding hydrogens is 166 g/mol. The lowest BCUT2D eigenvalue weighted by Gasteiger charge is -2.12. The highest BCUT2D eigenvalue weighted by Gasteiger charge is 2.02. The lowest BCUT2D eigenvalue weighted by atomic mass is 10.1. The predicted molar refractivity (Wildman–Crippen MR) is 52.4 cm³/mol. The third-order valence-corrected chi connectivity index (χ3v) is 2.12. The smallest absolute Gasteiger partial charge is 0.274 e. The molecule has 13 heavy (non-hydrogen) atoms. The minimum absolute atomic E-state index is 0.280. The highest BCUT2D eigenvalue weighted by Crippen LogP contribution is 2.06. The molecule has 1 heterocycles. The monoisotopic (exact) mass is 181 g/mol. The molecule has 1 aromatic heterocycles. The molecule has 1 atom stereocenters. The van der Waals surface area contributed by atoms with Crippen LogP contribution in [0.3, 0.4) is 0 Å². The molecule has 0 saturated carbocycles. The van der Waals surface area contributed by atoms with E-state index < -0.39 is 0 Å². The van der Waals surface area contributed by atoms with Gasteiger partial charge in [0.05, 0.1) is 0 Å². The second-order valence-electron chi connectivity index (χ2n) is 3.29. The Kier molecular flexibility index (Phi) is 3.06. The van der Waals surface area contributed by atoms with Crippen LogP contribution in [-0.2, 0) is 6.54 Å². The van der Waals surface area contributed by atoms with E-state index in [-0.39, 0.29) is 5.56 Å². The van der Waals surface area contributed by atoms with E-state index in [2.05, 4.69) is 18.8 Å². The van der Waals surface area contributed by atoms with Crippen LogP contribution < -0.4 is 11.3 Å². The topological polar surface area (TPSA) is 60.9 Å². The first-order valence-electron chi connectivity index (χ1n) is 4.46. The van der Waals surface area contributed by atoms with E-state index in [0.717, 1.165) is 13.0 Å². The molecule has 0 aliphatic heterocycles. The minimum Gasteiger partial charge on any atom is -0.369 e. The average molecular weight is 181 g/mol. The van der Waals surface area contributed by atoms with E-state index in [9.17, 15) is 4.79 Å². The van der Waals surface area contributed by atoms with E-state index in [1.165, 1.54) is 6.07 Å². The van der Waals surface area contributed by atoms with Crippen LogP contribution in [0.5, 0.6) is 0 Å². The summed E-state index contributed by atoms with van der Waals surface area (Å²) < 4.78 is 1.80. The number of hydrogen-bond acceptors (Lipinski definition) is 3. The summed E-state index contributed by atoms with van der Waals surface area (Å²) in [6, 6.07) is 1.43. The van der Waals surface area contributed by atoms with Crippen LogP contribution in [0.1, 0.15) is 20.3 Å². The molecule has 0 fully saturated rings. The zero-order valence-corrected chi connectivity index (χ0v) is 8.03. The van der Waals surface area contributed by atoms with Gasteiger partial charge in [0.15, 0.2) is 0 Å². The van der Waals surface area contributed by atoms with Crippen LogP contribution in [0.15, 0.2) is 17.1 Å². The normalized spacial score (nSPS) is 12.8. The molecular formula is C9H15N3O. The molecule has 2 N–H and O–H groups in total. The van der Waals surface area contributed by atoms with Crippen molar-refractivity contribution in [2.24, 2.45) is 5.92 Å². The molecule has 0 aromatic carbocycles. The van der Waals surface area contributed by atoms with Crippen molar-refractivity contribution < 1.29 is 0 Å². The van der Waals surface area contributed by atoms with E-state index >= 15 is 0 Å². The summed E-state index contributed by atoms with van der Waals surface area (Å²) in [7, 11) is 0. The number of nitrogen functional groups attached to an aromatic ring is 1. The highest BCUT2D eigenvalue weighted by atomic mass is 16.1. The summed E-state index contributed by atoms with van der Waals surface area (Å²) in [4.78, 5) is 14.4. The van der Waals surface area contributed by atoms with Gasteiger partial charge in [0, 0.05) is 18.8 Å². The Morgan fingerprint density at radius 2 is 2.38 bits per heavy atom. The quantitative estimate of drug-likeness (QED) is 0.752. The van der Waals surface area contributed by atoms with Gasteiger partial charge in [-0.3, -0.25) is 4.79 Å². The first-order chi connectivity index (χ1) is 6.13. The molecule has 0 aliphatic carbocycles. The molecule has 0 aliphatic rings. The van der Waals surface area contributed by atoms with Crippen molar-refractivity contribution in [3.8, 4) is 0 Å². The minimum atomic E-state index is -0.280. The second kappa shape index (κ2) is 4.07. The van der Waals surface area contributed by atoms with E-state index in [1.807, 2.05) is 0 Å². The molecule has 72 valence electrons. The maximum absolute atomic E-state index is 10.8. The van der Waals surface area contributed by atoms with Gasteiger partial charge in [0.2, 0.25) is 5.95 Å². The lowest BCUT2D eigenvalue weighted by molar-refractivity contribution is 0.467. The van der Waals surface area contributed by atoms with Gasteiger partial charge in [-0.1, -0.05) is 20.3 Å². The van der Waals surface area contributed by atoms with E-state index in [4.69, 9.17) is 5.73 Å². The number of nitrogens with zero attached hydrogens (tertiary/aromatic N) is 2. The fourth-order valence-electron chi connectivity index (χ4n) is 1.06. The Morgan fingerprint density at radius 1 is 1.69 bits per heavy atom. The summed E-state index contributed by atoms with van der Waals surface area (Å²) in [6.07, 6.45) is 2.78. The summed E-state index contributed by atoms with van der Waals surface area (Å²) in [5.74, 6) is 0.847. The van der Waals surface area contributed by atoms with Gasteiger partial charge >= 0.3 is 0 Å². The maximum Gasteiger partial charge on any atom is 0.274 e. The van der Waals surface area contributed by atoms with Gasteiger partial charge in [-0.2, -0.15) is 4.98 Å². The zero-order valence-electron chi connectivity index (χ0n) is 8.03. The molecule has 1 rings (SSSR count). The summed E-state index contributed by atoms with van der Waals surface area (Å²) >= 11 is 0. The molecule has 0 radical (unpaired) electrons. The number of hydrogen-bond donors (Lipinski definition) is 1. The van der Waals surface area contributed by atoms with Crippen molar-refractivity contribution in [2.45, 2.75) is 26.8 Å². The Hall–Kier alpha value is -1.32. The molecule has 4 heteroatoms. The molecule has 0 amide bonds. The first kappa shape index (κ1) is 9.77. The Balaban J connectivity index is 2.83. The molecule has 0 unspecified atom stereocenters. The summed E-state index contributed by atoms with van der Waals surface area (Å²) in [6.45, 7) is 5.07. The van der Waals surface area contributed by atoms with Gasteiger partial charge < -0.3 is 10.3 Å². The SMILES string of the molecule is CC[C@@H](C)Cn1ccc(=O)nc1N. The van der Waals surface area contributed by atoms with Crippen LogP contribution in [0, 0.1) is 5.92 Å². The molecule has 0 spiro atoms. The summed E-state index contributed by atoms with van der Waals surface area (Å²) in [5, 5.41) is 0. The predicted octanol–water partition coefficient (Wildman–Crippen LogP) is 0.872. The Labute approximate surface area is 77.4 Å². The molecule has 0 saturated heterocycles. The van der Waals surface area contributed by atoms with Crippen LogP contribution in [0.2, 0.25) is 0 Å². The van der Waals surface area contributed by atoms with Gasteiger partial charge in [0.1, 0.15) is 0 Å². The fraction of sp³-hybridized carbons (Fsp3) is 0.556. The second-order valence-corrected chi connectivity index (χ2v) is 3.29. The third-order valence-electron chi connectivity index (χ3n) is 2.12. The van der Waals surface area contributed by atoms with Gasteiger partial charge in [0.25, 0.3) is 5.56 Å². The van der Waals surface area contributed by atoms with E-state index in [0.29, 0.717) is 11.9 Å².